The number of carbonyl (C=O) groups is 1. The number of nitrogens with one attached hydrogen (secondary N) is 1. The van der Waals surface area contributed by atoms with Gasteiger partial charge in [0.25, 0.3) is 0 Å². The topological polar surface area (TPSA) is 59.3 Å². The average molecular weight is 357 g/mol. The minimum Gasteiger partial charge on any atom is -0.319 e. The number of pyridine rings is 1. The Hall–Kier alpha value is -2.47. The van der Waals surface area contributed by atoms with Gasteiger partial charge in [-0.25, -0.2) is 0 Å². The van der Waals surface area contributed by atoms with Gasteiger partial charge in [0.2, 0.25) is 5.91 Å². The third-order valence-electron chi connectivity index (χ3n) is 3.12. The Morgan fingerprint density at radius 3 is 2.86 bits per heavy atom. The molecular formula is C16H13BrN4O. The van der Waals surface area contributed by atoms with E-state index in [1.807, 2.05) is 37.4 Å². The van der Waals surface area contributed by atoms with Gasteiger partial charge in [-0.1, -0.05) is 29.8 Å². The molecule has 0 aliphatic rings. The molecule has 5 nitrogen and oxygen atoms in total. The number of aromatic nitrogens is 3. The molecule has 110 valence electrons. The van der Waals surface area contributed by atoms with Gasteiger partial charge in [0, 0.05) is 16.7 Å². The van der Waals surface area contributed by atoms with Gasteiger partial charge in [0.15, 0.2) is 5.65 Å². The third-order valence-corrected chi connectivity index (χ3v) is 3.55. The van der Waals surface area contributed by atoms with Gasteiger partial charge in [-0.05, 0) is 40.6 Å². The smallest absolute Gasteiger partial charge is 0.248 e. The molecule has 0 aliphatic heterocycles. The SMILES string of the molecule is Cc1ccc(/C=C/C(=O)Nc2cc(Br)cn3cnnc23)cc1. The predicted octanol–water partition coefficient (Wildman–Crippen LogP) is 3.45. The van der Waals surface area contributed by atoms with Crippen LogP contribution in [0.4, 0.5) is 5.69 Å². The number of anilines is 1. The normalized spacial score (nSPS) is 11.2. The Labute approximate surface area is 135 Å². The van der Waals surface area contributed by atoms with Crippen molar-refractivity contribution in [2.24, 2.45) is 0 Å². The van der Waals surface area contributed by atoms with Gasteiger partial charge < -0.3 is 5.32 Å². The number of benzene rings is 1. The van der Waals surface area contributed by atoms with E-state index in [2.05, 4.69) is 31.4 Å². The van der Waals surface area contributed by atoms with E-state index in [0.717, 1.165) is 10.0 Å². The Morgan fingerprint density at radius 1 is 1.32 bits per heavy atom. The molecule has 0 radical (unpaired) electrons. The summed E-state index contributed by atoms with van der Waals surface area (Å²) in [6.45, 7) is 2.03. The number of hydrogen-bond acceptors (Lipinski definition) is 3. The summed E-state index contributed by atoms with van der Waals surface area (Å²) >= 11 is 3.39. The lowest BCUT2D eigenvalue weighted by Crippen LogP contribution is -2.09. The maximum Gasteiger partial charge on any atom is 0.248 e. The molecule has 0 saturated heterocycles. The number of carbonyl (C=O) groups excluding carboxylic acids is 1. The van der Waals surface area contributed by atoms with E-state index in [4.69, 9.17) is 0 Å². The summed E-state index contributed by atoms with van der Waals surface area (Å²) in [5.41, 5.74) is 3.36. The number of rotatable bonds is 3. The van der Waals surface area contributed by atoms with Crippen molar-refractivity contribution in [3.63, 3.8) is 0 Å². The summed E-state index contributed by atoms with van der Waals surface area (Å²) in [6, 6.07) is 9.74. The third kappa shape index (κ3) is 3.23. The highest BCUT2D eigenvalue weighted by Crippen LogP contribution is 2.20. The van der Waals surface area contributed by atoms with Crippen LogP contribution in [0.5, 0.6) is 0 Å². The molecule has 22 heavy (non-hydrogen) atoms. The fraction of sp³-hybridized carbons (Fsp3) is 0.0625. The van der Waals surface area contributed by atoms with Crippen LogP contribution in [0, 0.1) is 6.92 Å². The van der Waals surface area contributed by atoms with Crippen molar-refractivity contribution in [3.8, 4) is 0 Å². The lowest BCUT2D eigenvalue weighted by molar-refractivity contribution is -0.111. The lowest BCUT2D eigenvalue weighted by atomic mass is 10.1. The summed E-state index contributed by atoms with van der Waals surface area (Å²) in [5, 5.41) is 10.6. The molecule has 0 aliphatic carbocycles. The minimum absolute atomic E-state index is 0.219. The van der Waals surface area contributed by atoms with Crippen LogP contribution < -0.4 is 5.32 Å². The summed E-state index contributed by atoms with van der Waals surface area (Å²) in [7, 11) is 0. The zero-order valence-corrected chi connectivity index (χ0v) is 13.4. The van der Waals surface area contributed by atoms with E-state index in [9.17, 15) is 4.79 Å². The molecule has 0 fully saturated rings. The number of hydrogen-bond donors (Lipinski definition) is 1. The number of halogens is 1. The zero-order chi connectivity index (χ0) is 15.5. The first-order chi connectivity index (χ1) is 10.6. The van der Waals surface area contributed by atoms with E-state index in [1.165, 1.54) is 11.6 Å². The zero-order valence-electron chi connectivity index (χ0n) is 11.8. The molecule has 0 saturated carbocycles. The second-order valence-electron chi connectivity index (χ2n) is 4.87. The highest BCUT2D eigenvalue weighted by Gasteiger charge is 2.07. The van der Waals surface area contributed by atoms with Crippen molar-refractivity contribution in [1.82, 2.24) is 14.6 Å². The highest BCUT2D eigenvalue weighted by molar-refractivity contribution is 9.10. The van der Waals surface area contributed by atoms with Crippen LogP contribution in [0.25, 0.3) is 11.7 Å². The van der Waals surface area contributed by atoms with E-state index in [1.54, 1.807) is 22.9 Å². The van der Waals surface area contributed by atoms with Crippen molar-refractivity contribution < 1.29 is 4.79 Å². The maximum absolute atomic E-state index is 12.1. The summed E-state index contributed by atoms with van der Waals surface area (Å²) in [5.74, 6) is -0.219. The van der Waals surface area contributed by atoms with E-state index < -0.39 is 0 Å². The second kappa shape index (κ2) is 6.11. The standard InChI is InChI=1S/C16H13BrN4O/c1-11-2-4-12(5-3-11)6-7-15(22)19-14-8-13(17)9-21-10-18-20-16(14)21/h2-10H,1H3,(H,19,22)/b7-6+. The molecule has 0 unspecified atom stereocenters. The molecule has 2 aromatic heterocycles. The molecule has 1 N–H and O–H groups in total. The van der Waals surface area contributed by atoms with Crippen LogP contribution in [0.2, 0.25) is 0 Å². The second-order valence-corrected chi connectivity index (χ2v) is 5.78. The monoisotopic (exact) mass is 356 g/mol. The Kier molecular flexibility index (Phi) is 4.02. The first-order valence-corrected chi connectivity index (χ1v) is 7.46. The van der Waals surface area contributed by atoms with Gasteiger partial charge in [-0.3, -0.25) is 9.20 Å². The fourth-order valence-corrected chi connectivity index (χ4v) is 2.47. The first-order valence-electron chi connectivity index (χ1n) is 6.66. The molecule has 3 aromatic rings. The Balaban J connectivity index is 1.78. The number of amides is 1. The predicted molar refractivity (Wildman–Crippen MR) is 89.5 cm³/mol. The van der Waals surface area contributed by atoms with Crippen LogP contribution in [0.3, 0.4) is 0 Å². The largest absolute Gasteiger partial charge is 0.319 e. The molecule has 2 heterocycles. The molecule has 0 bridgehead atoms. The molecular weight excluding hydrogens is 344 g/mol. The molecule has 1 aromatic carbocycles. The number of fused-ring (bicyclic) bond motifs is 1. The minimum atomic E-state index is -0.219. The fourth-order valence-electron chi connectivity index (χ4n) is 2.02. The highest BCUT2D eigenvalue weighted by atomic mass is 79.9. The first kappa shape index (κ1) is 14.5. The Morgan fingerprint density at radius 2 is 2.09 bits per heavy atom. The summed E-state index contributed by atoms with van der Waals surface area (Å²) < 4.78 is 2.57. The van der Waals surface area contributed by atoms with Gasteiger partial charge in [-0.15, -0.1) is 10.2 Å². The van der Waals surface area contributed by atoms with E-state index in [0.29, 0.717) is 11.3 Å². The van der Waals surface area contributed by atoms with Gasteiger partial charge in [0.1, 0.15) is 6.33 Å². The number of nitrogens with zero attached hydrogens (tertiary/aromatic N) is 3. The van der Waals surface area contributed by atoms with Crippen molar-refractivity contribution in [2.75, 3.05) is 5.32 Å². The molecule has 6 heteroatoms. The van der Waals surface area contributed by atoms with Crippen LogP contribution in [0.15, 0.2) is 53.4 Å². The van der Waals surface area contributed by atoms with Crippen LogP contribution >= 0.6 is 15.9 Å². The van der Waals surface area contributed by atoms with Crippen LogP contribution in [-0.2, 0) is 4.79 Å². The molecule has 0 atom stereocenters. The lowest BCUT2D eigenvalue weighted by Gasteiger charge is -2.04. The Bertz CT molecular complexity index is 852. The molecule has 1 amide bonds. The van der Waals surface area contributed by atoms with Crippen molar-refractivity contribution >= 4 is 39.2 Å². The van der Waals surface area contributed by atoms with Crippen molar-refractivity contribution in [1.29, 1.82) is 0 Å². The van der Waals surface area contributed by atoms with E-state index >= 15 is 0 Å². The number of aryl methyl sites for hydroxylation is 1. The average Bonchev–Trinajstić information content (AvgIpc) is 2.95. The van der Waals surface area contributed by atoms with Gasteiger partial charge >= 0.3 is 0 Å². The van der Waals surface area contributed by atoms with Crippen molar-refractivity contribution in [2.45, 2.75) is 6.92 Å². The van der Waals surface area contributed by atoms with Crippen molar-refractivity contribution in [3.05, 3.63) is 64.5 Å². The quantitative estimate of drug-likeness (QED) is 0.731. The van der Waals surface area contributed by atoms with Gasteiger partial charge in [-0.2, -0.15) is 0 Å². The summed E-state index contributed by atoms with van der Waals surface area (Å²) in [4.78, 5) is 12.1. The maximum atomic E-state index is 12.1. The van der Waals surface area contributed by atoms with E-state index in [-0.39, 0.29) is 5.91 Å². The molecule has 0 spiro atoms. The van der Waals surface area contributed by atoms with Crippen LogP contribution in [-0.4, -0.2) is 20.5 Å². The van der Waals surface area contributed by atoms with Crippen LogP contribution in [0.1, 0.15) is 11.1 Å². The van der Waals surface area contributed by atoms with Gasteiger partial charge in [0.05, 0.1) is 5.69 Å². The summed E-state index contributed by atoms with van der Waals surface area (Å²) in [6.07, 6.45) is 6.68. The molecule has 3 rings (SSSR count).